The van der Waals surface area contributed by atoms with Gasteiger partial charge in [-0.25, -0.2) is 9.87 Å². The summed E-state index contributed by atoms with van der Waals surface area (Å²) >= 11 is 0. The standard InChI is InChI=1S/C22H27FN2O4/c1-21(27,15-23)22(2,20(26)25-28)24-13-5-6-16-9-11-17(12-10-16)18-7-4-8-19(14-18)29-3/h4-12,14,24,27-28H,13,15H2,1-3H3,(H,25,26)/b6-5+/t21-,22?/m1/s1. The third-order valence-corrected chi connectivity index (χ3v) is 5.09. The first kappa shape index (κ1) is 22.5. The smallest absolute Gasteiger partial charge is 0.266 e. The van der Waals surface area contributed by atoms with E-state index in [1.807, 2.05) is 54.6 Å². The Hall–Kier alpha value is -2.74. The lowest BCUT2D eigenvalue weighted by molar-refractivity contribution is -0.148. The highest BCUT2D eigenvalue weighted by molar-refractivity contribution is 5.86. The number of hydrogen-bond acceptors (Lipinski definition) is 5. The molecule has 0 spiro atoms. The van der Waals surface area contributed by atoms with Gasteiger partial charge in [0.05, 0.1) is 7.11 Å². The zero-order valence-corrected chi connectivity index (χ0v) is 16.8. The van der Waals surface area contributed by atoms with Crippen molar-refractivity contribution in [3.05, 3.63) is 60.2 Å². The highest BCUT2D eigenvalue weighted by Gasteiger charge is 2.49. The van der Waals surface area contributed by atoms with Gasteiger partial charge in [0.15, 0.2) is 0 Å². The predicted octanol–water partition coefficient (Wildman–Crippen LogP) is 2.95. The van der Waals surface area contributed by atoms with Crippen molar-refractivity contribution in [3.8, 4) is 16.9 Å². The number of rotatable bonds is 9. The van der Waals surface area contributed by atoms with Gasteiger partial charge in [-0.15, -0.1) is 0 Å². The Kier molecular flexibility index (Phi) is 7.50. The summed E-state index contributed by atoms with van der Waals surface area (Å²) in [6.07, 6.45) is 3.58. The first-order valence-electron chi connectivity index (χ1n) is 9.16. The Labute approximate surface area is 170 Å². The fourth-order valence-electron chi connectivity index (χ4n) is 2.81. The van der Waals surface area contributed by atoms with Gasteiger partial charge in [0.2, 0.25) is 0 Å². The van der Waals surface area contributed by atoms with Crippen molar-refractivity contribution in [1.29, 1.82) is 0 Å². The second-order valence-corrected chi connectivity index (χ2v) is 7.11. The molecule has 2 atom stereocenters. The van der Waals surface area contributed by atoms with E-state index in [2.05, 4.69) is 5.32 Å². The van der Waals surface area contributed by atoms with Crippen molar-refractivity contribution >= 4 is 12.0 Å². The largest absolute Gasteiger partial charge is 0.497 e. The molecule has 0 bridgehead atoms. The van der Waals surface area contributed by atoms with E-state index in [0.717, 1.165) is 22.4 Å². The molecule has 156 valence electrons. The summed E-state index contributed by atoms with van der Waals surface area (Å²) in [6, 6.07) is 15.6. The number of benzene rings is 2. The number of nitrogens with one attached hydrogen (secondary N) is 2. The summed E-state index contributed by atoms with van der Waals surface area (Å²) in [7, 11) is 1.63. The van der Waals surface area contributed by atoms with Crippen LogP contribution in [0, 0.1) is 0 Å². The Morgan fingerprint density at radius 1 is 1.17 bits per heavy atom. The number of methoxy groups -OCH3 is 1. The minimum Gasteiger partial charge on any atom is -0.497 e. The number of aliphatic hydroxyl groups is 1. The molecule has 4 N–H and O–H groups in total. The van der Waals surface area contributed by atoms with Gasteiger partial charge >= 0.3 is 0 Å². The molecule has 7 heteroatoms. The van der Waals surface area contributed by atoms with Gasteiger partial charge in [-0.1, -0.05) is 48.6 Å². The molecule has 0 aliphatic carbocycles. The molecule has 0 saturated heterocycles. The molecular formula is C22H27FN2O4. The highest BCUT2D eigenvalue weighted by atomic mass is 19.1. The molecule has 0 aliphatic heterocycles. The topological polar surface area (TPSA) is 90.8 Å². The minimum atomic E-state index is -1.99. The van der Waals surface area contributed by atoms with Crippen LogP contribution in [0.1, 0.15) is 19.4 Å². The van der Waals surface area contributed by atoms with E-state index in [4.69, 9.17) is 9.94 Å². The second-order valence-electron chi connectivity index (χ2n) is 7.11. The number of carbonyl (C=O) groups is 1. The molecule has 6 nitrogen and oxygen atoms in total. The lowest BCUT2D eigenvalue weighted by Crippen LogP contribution is -2.68. The van der Waals surface area contributed by atoms with Gasteiger partial charge < -0.3 is 9.84 Å². The zero-order valence-electron chi connectivity index (χ0n) is 16.8. The van der Waals surface area contributed by atoms with E-state index in [-0.39, 0.29) is 6.54 Å². The average Bonchev–Trinajstić information content (AvgIpc) is 2.76. The number of ether oxygens (including phenoxy) is 1. The Morgan fingerprint density at radius 2 is 1.86 bits per heavy atom. The molecule has 29 heavy (non-hydrogen) atoms. The van der Waals surface area contributed by atoms with E-state index in [1.54, 1.807) is 13.2 Å². The monoisotopic (exact) mass is 402 g/mol. The Bertz CT molecular complexity index is 852. The van der Waals surface area contributed by atoms with Gasteiger partial charge in [-0.05, 0) is 42.7 Å². The number of hydrogen-bond donors (Lipinski definition) is 4. The van der Waals surface area contributed by atoms with Crippen molar-refractivity contribution in [1.82, 2.24) is 10.8 Å². The van der Waals surface area contributed by atoms with E-state index < -0.39 is 23.7 Å². The van der Waals surface area contributed by atoms with E-state index in [0.29, 0.717) is 0 Å². The third-order valence-electron chi connectivity index (χ3n) is 5.09. The fourth-order valence-corrected chi connectivity index (χ4v) is 2.81. The van der Waals surface area contributed by atoms with Crippen LogP contribution in [-0.4, -0.2) is 47.7 Å². The van der Waals surface area contributed by atoms with E-state index in [9.17, 15) is 14.3 Å². The molecule has 0 fully saturated rings. The van der Waals surface area contributed by atoms with Gasteiger partial charge in [0, 0.05) is 6.54 Å². The fraction of sp³-hybridized carbons (Fsp3) is 0.318. The van der Waals surface area contributed by atoms with Gasteiger partial charge in [-0.3, -0.25) is 15.3 Å². The normalized spacial score (nSPS) is 15.5. The lowest BCUT2D eigenvalue weighted by atomic mass is 9.82. The zero-order chi connectivity index (χ0) is 21.5. The number of hydroxylamine groups is 1. The average molecular weight is 402 g/mol. The number of amides is 1. The van der Waals surface area contributed by atoms with Crippen LogP contribution in [0.25, 0.3) is 17.2 Å². The molecule has 0 saturated carbocycles. The molecule has 2 aromatic carbocycles. The Morgan fingerprint density at radius 3 is 2.45 bits per heavy atom. The van der Waals surface area contributed by atoms with Crippen LogP contribution >= 0.6 is 0 Å². The molecule has 0 aromatic heterocycles. The number of carbonyl (C=O) groups excluding carboxylic acids is 1. The van der Waals surface area contributed by atoms with Crippen LogP contribution in [0.5, 0.6) is 5.75 Å². The van der Waals surface area contributed by atoms with Crippen molar-refractivity contribution in [2.75, 3.05) is 20.3 Å². The molecular weight excluding hydrogens is 375 g/mol. The molecule has 0 aliphatic rings. The maximum atomic E-state index is 13.2. The van der Waals surface area contributed by atoms with Crippen LogP contribution in [0.4, 0.5) is 4.39 Å². The summed E-state index contributed by atoms with van der Waals surface area (Å²) in [6.45, 7) is 1.54. The maximum Gasteiger partial charge on any atom is 0.266 e. The Balaban J connectivity index is 2.05. The van der Waals surface area contributed by atoms with Crippen LogP contribution in [0.15, 0.2) is 54.6 Å². The summed E-state index contributed by atoms with van der Waals surface area (Å²) in [5, 5.41) is 21.9. The van der Waals surface area contributed by atoms with E-state index >= 15 is 0 Å². The lowest BCUT2D eigenvalue weighted by Gasteiger charge is -2.39. The minimum absolute atomic E-state index is 0.178. The van der Waals surface area contributed by atoms with Crippen molar-refractivity contribution < 1.29 is 24.2 Å². The molecule has 2 rings (SSSR count). The van der Waals surface area contributed by atoms with Crippen molar-refractivity contribution in [2.24, 2.45) is 0 Å². The van der Waals surface area contributed by atoms with Crippen molar-refractivity contribution in [2.45, 2.75) is 25.0 Å². The second kappa shape index (κ2) is 9.65. The van der Waals surface area contributed by atoms with Gasteiger partial charge in [-0.2, -0.15) is 0 Å². The van der Waals surface area contributed by atoms with Crippen molar-refractivity contribution in [3.63, 3.8) is 0 Å². The van der Waals surface area contributed by atoms with Crippen LogP contribution in [0.3, 0.4) is 0 Å². The summed E-state index contributed by atoms with van der Waals surface area (Å²) < 4.78 is 18.4. The maximum absolute atomic E-state index is 13.2. The molecule has 0 heterocycles. The quantitative estimate of drug-likeness (QED) is 0.382. The summed E-state index contributed by atoms with van der Waals surface area (Å²) in [5.74, 6) is -0.132. The molecule has 1 unspecified atom stereocenters. The van der Waals surface area contributed by atoms with Crippen LogP contribution < -0.4 is 15.5 Å². The SMILES string of the molecule is COc1cccc(-c2ccc(/C=C/CNC(C)(C(=O)NO)[C@](C)(O)CF)cc2)c1. The predicted molar refractivity (Wildman–Crippen MR) is 110 cm³/mol. The third kappa shape index (κ3) is 5.20. The number of halogens is 1. The van der Waals surface area contributed by atoms with Crippen LogP contribution in [0.2, 0.25) is 0 Å². The van der Waals surface area contributed by atoms with Gasteiger partial charge in [0.25, 0.3) is 5.91 Å². The summed E-state index contributed by atoms with van der Waals surface area (Å²) in [4.78, 5) is 11.9. The first-order valence-corrected chi connectivity index (χ1v) is 9.16. The molecule has 0 radical (unpaired) electrons. The van der Waals surface area contributed by atoms with Crippen LogP contribution in [-0.2, 0) is 4.79 Å². The molecule has 1 amide bonds. The first-order chi connectivity index (χ1) is 13.8. The summed E-state index contributed by atoms with van der Waals surface area (Å²) in [5.41, 5.74) is 0.791. The van der Waals surface area contributed by atoms with E-state index in [1.165, 1.54) is 19.3 Å². The highest BCUT2D eigenvalue weighted by Crippen LogP contribution is 2.25. The van der Waals surface area contributed by atoms with Gasteiger partial charge in [0.1, 0.15) is 23.6 Å². The molecule has 2 aromatic rings. The number of alkyl halides is 1.